The number of ketones is 4. The Balaban J connectivity index is -0.0000000474. The number of carbonyl (C=O) groups is 4. The van der Waals surface area contributed by atoms with E-state index in [1.807, 2.05) is 0 Å². The van der Waals surface area contributed by atoms with E-state index in [1.165, 1.54) is 209 Å². The molecule has 324 valence electrons. The van der Waals surface area contributed by atoms with Gasteiger partial charge in [0.15, 0.2) is 0 Å². The maximum absolute atomic E-state index is 9.44. The highest BCUT2D eigenvalue weighted by Crippen LogP contribution is 1.98. The molecule has 0 radical (unpaired) electrons. The lowest BCUT2D eigenvalue weighted by Gasteiger charge is -1.86. The Morgan fingerprint density at radius 3 is 0.250 bits per heavy atom. The molecule has 0 aliphatic rings. The first kappa shape index (κ1) is 75.6. The van der Waals surface area contributed by atoms with Gasteiger partial charge in [0.2, 0.25) is 0 Å². The SMILES string of the molecule is CC(C)=O.CC(C)=O.CC(C)=O.CC(C)=O.CCCCCC.CCCCCC.CCCCCC.CCCCCC.CCCCCC.CCCCCC. The molecule has 0 rings (SSSR count). The van der Waals surface area contributed by atoms with Crippen molar-refractivity contribution in [3.8, 4) is 0 Å². The molecular formula is C48H108O4. The third kappa shape index (κ3) is 398. The molecule has 0 aromatic carbocycles. The summed E-state index contributed by atoms with van der Waals surface area (Å²) < 4.78 is 0. The van der Waals surface area contributed by atoms with Gasteiger partial charge in [-0.2, -0.15) is 0 Å². The summed E-state index contributed by atoms with van der Waals surface area (Å²) in [5.41, 5.74) is 0. The van der Waals surface area contributed by atoms with Crippen LogP contribution in [0.3, 0.4) is 0 Å². The zero-order valence-corrected chi connectivity index (χ0v) is 40.6. The molecule has 4 nitrogen and oxygen atoms in total. The van der Waals surface area contributed by atoms with E-state index in [-0.39, 0.29) is 23.1 Å². The van der Waals surface area contributed by atoms with Gasteiger partial charge in [0.25, 0.3) is 0 Å². The first-order valence-corrected chi connectivity index (χ1v) is 22.3. The summed E-state index contributed by atoms with van der Waals surface area (Å²) in [6.45, 7) is 39.0. The summed E-state index contributed by atoms with van der Waals surface area (Å²) in [6, 6.07) is 0. The maximum Gasteiger partial charge on any atom is 0.126 e. The topological polar surface area (TPSA) is 68.3 Å². The molecule has 0 bridgehead atoms. The van der Waals surface area contributed by atoms with Crippen molar-refractivity contribution in [1.82, 2.24) is 0 Å². The monoisotopic (exact) mass is 749 g/mol. The van der Waals surface area contributed by atoms with E-state index in [2.05, 4.69) is 83.1 Å². The van der Waals surface area contributed by atoms with Gasteiger partial charge in [-0.3, -0.25) is 0 Å². The van der Waals surface area contributed by atoms with Crippen molar-refractivity contribution in [2.24, 2.45) is 0 Å². The lowest BCUT2D eigenvalue weighted by molar-refractivity contribution is -0.115. The van der Waals surface area contributed by atoms with Gasteiger partial charge in [0.1, 0.15) is 23.1 Å². The molecular weight excluding hydrogens is 641 g/mol. The summed E-state index contributed by atoms with van der Waals surface area (Å²) >= 11 is 0. The number of hydrogen-bond acceptors (Lipinski definition) is 4. The molecule has 0 atom stereocenters. The van der Waals surface area contributed by atoms with E-state index in [9.17, 15) is 19.2 Å². The van der Waals surface area contributed by atoms with Gasteiger partial charge in [-0.1, -0.05) is 237 Å². The number of carbonyl (C=O) groups excluding carboxylic acids is 4. The van der Waals surface area contributed by atoms with Crippen LogP contribution in [0.5, 0.6) is 0 Å². The Kier molecular flexibility index (Phi) is 142. The average molecular weight is 749 g/mol. The highest BCUT2D eigenvalue weighted by molar-refractivity contribution is 5.72. The largest absolute Gasteiger partial charge is 0.300 e. The molecule has 4 heteroatoms. The predicted molar refractivity (Wildman–Crippen MR) is 244 cm³/mol. The Hall–Kier alpha value is -1.32. The van der Waals surface area contributed by atoms with Crippen LogP contribution in [0.2, 0.25) is 0 Å². The zero-order chi connectivity index (χ0) is 43.3. The zero-order valence-electron chi connectivity index (χ0n) is 40.6. The minimum atomic E-state index is 0.167. The minimum absolute atomic E-state index is 0.167. The van der Waals surface area contributed by atoms with Crippen molar-refractivity contribution >= 4 is 23.1 Å². The first-order valence-electron chi connectivity index (χ1n) is 22.3. The van der Waals surface area contributed by atoms with Crippen LogP contribution in [-0.2, 0) is 19.2 Å². The standard InChI is InChI=1S/6C6H14.4C3H6O/c6*1-3-5-6-4-2;4*1-3(2)4/h6*3-6H2,1-2H3;4*1-2H3. The minimum Gasteiger partial charge on any atom is -0.300 e. The van der Waals surface area contributed by atoms with E-state index in [0.29, 0.717) is 0 Å². The van der Waals surface area contributed by atoms with Crippen molar-refractivity contribution in [3.05, 3.63) is 0 Å². The third-order valence-corrected chi connectivity index (χ3v) is 5.74. The average Bonchev–Trinajstić information content (AvgIpc) is 3.06. The van der Waals surface area contributed by atoms with Gasteiger partial charge in [0, 0.05) is 0 Å². The van der Waals surface area contributed by atoms with Crippen molar-refractivity contribution in [2.45, 2.75) is 293 Å². The number of hydrogen-bond donors (Lipinski definition) is 0. The molecule has 0 saturated heterocycles. The summed E-state index contributed by atoms with van der Waals surface area (Å²) in [7, 11) is 0. The smallest absolute Gasteiger partial charge is 0.126 e. The molecule has 0 heterocycles. The van der Waals surface area contributed by atoms with E-state index in [0.717, 1.165) is 0 Å². The molecule has 0 N–H and O–H groups in total. The van der Waals surface area contributed by atoms with Crippen molar-refractivity contribution < 1.29 is 19.2 Å². The fourth-order valence-corrected chi connectivity index (χ4v) is 3.00. The summed E-state index contributed by atoms with van der Waals surface area (Å²) in [5.74, 6) is 0.667. The van der Waals surface area contributed by atoms with Gasteiger partial charge in [0.05, 0.1) is 0 Å². The molecule has 0 fully saturated rings. The van der Waals surface area contributed by atoms with Gasteiger partial charge < -0.3 is 19.2 Å². The number of unbranched alkanes of at least 4 members (excludes halogenated alkanes) is 18. The Morgan fingerprint density at radius 2 is 0.231 bits per heavy atom. The van der Waals surface area contributed by atoms with Crippen LogP contribution in [-0.4, -0.2) is 23.1 Å². The number of Topliss-reactive ketones (excluding diaryl/α,β-unsaturated/α-hetero) is 4. The molecule has 0 aromatic heterocycles. The van der Waals surface area contributed by atoms with Crippen LogP contribution >= 0.6 is 0 Å². The van der Waals surface area contributed by atoms with Crippen LogP contribution in [0.15, 0.2) is 0 Å². The fourth-order valence-electron chi connectivity index (χ4n) is 3.00. The lowest BCUT2D eigenvalue weighted by atomic mass is 10.2. The molecule has 0 aliphatic heterocycles. The van der Waals surface area contributed by atoms with Gasteiger partial charge >= 0.3 is 0 Å². The van der Waals surface area contributed by atoms with Gasteiger partial charge in [-0.25, -0.2) is 0 Å². The Bertz CT molecular complexity index is 390. The molecule has 0 saturated carbocycles. The summed E-state index contributed by atoms with van der Waals surface area (Å²) in [6.07, 6.45) is 33.2. The van der Waals surface area contributed by atoms with Crippen LogP contribution in [0.1, 0.15) is 293 Å². The van der Waals surface area contributed by atoms with Crippen LogP contribution in [0.4, 0.5) is 0 Å². The molecule has 0 aliphatic carbocycles. The maximum atomic E-state index is 9.44. The second-order valence-corrected chi connectivity index (χ2v) is 13.9. The second-order valence-electron chi connectivity index (χ2n) is 13.9. The molecule has 0 aromatic rings. The van der Waals surface area contributed by atoms with E-state index in [4.69, 9.17) is 0 Å². The van der Waals surface area contributed by atoms with E-state index >= 15 is 0 Å². The fraction of sp³-hybridized carbons (Fsp3) is 0.917. The van der Waals surface area contributed by atoms with E-state index < -0.39 is 0 Å². The molecule has 0 unspecified atom stereocenters. The molecule has 0 spiro atoms. The highest BCUT2D eigenvalue weighted by Gasteiger charge is 1.78. The highest BCUT2D eigenvalue weighted by atomic mass is 16.1. The normalized spacial score (nSPS) is 8.23. The van der Waals surface area contributed by atoms with Crippen LogP contribution in [0, 0.1) is 0 Å². The van der Waals surface area contributed by atoms with Gasteiger partial charge in [-0.15, -0.1) is 0 Å². The van der Waals surface area contributed by atoms with Crippen LogP contribution in [0.25, 0.3) is 0 Å². The quantitative estimate of drug-likeness (QED) is 0.131. The van der Waals surface area contributed by atoms with E-state index in [1.54, 1.807) is 0 Å². The summed E-state index contributed by atoms with van der Waals surface area (Å²) in [5, 5.41) is 0. The first-order chi connectivity index (χ1) is 24.4. The lowest BCUT2D eigenvalue weighted by Crippen LogP contribution is -1.69. The van der Waals surface area contributed by atoms with Crippen LogP contribution < -0.4 is 0 Å². The van der Waals surface area contributed by atoms with Crippen molar-refractivity contribution in [1.29, 1.82) is 0 Å². The third-order valence-electron chi connectivity index (χ3n) is 5.74. The molecule has 0 amide bonds. The van der Waals surface area contributed by atoms with Gasteiger partial charge in [-0.05, 0) is 55.4 Å². The Labute approximate surface area is 334 Å². The summed E-state index contributed by atoms with van der Waals surface area (Å²) in [4.78, 5) is 37.8. The van der Waals surface area contributed by atoms with Crippen molar-refractivity contribution in [3.63, 3.8) is 0 Å². The van der Waals surface area contributed by atoms with Crippen molar-refractivity contribution in [2.75, 3.05) is 0 Å². The Morgan fingerprint density at radius 1 is 0.192 bits per heavy atom. The number of rotatable bonds is 18. The predicted octanol–water partition coefficient (Wildman–Crippen LogP) is 17.9. The second kappa shape index (κ2) is 97.9. The molecule has 52 heavy (non-hydrogen) atoms.